The van der Waals surface area contributed by atoms with Gasteiger partial charge in [-0.2, -0.15) is 0 Å². The van der Waals surface area contributed by atoms with Crippen LogP contribution in [0.25, 0.3) is 0 Å². The Bertz CT molecular complexity index is 850. The first-order valence-electron chi connectivity index (χ1n) is 10.5. The quantitative estimate of drug-likeness (QED) is 0.683. The smallest absolute Gasteiger partial charge is 0.252 e. The summed E-state index contributed by atoms with van der Waals surface area (Å²) in [6, 6.07) is 7.88. The molecule has 2 aromatic rings. The monoisotopic (exact) mass is 412 g/mol. The molecule has 1 aliphatic heterocycles. The van der Waals surface area contributed by atoms with Crippen LogP contribution in [0.3, 0.4) is 0 Å². The number of carbonyl (C=O) groups is 1. The molecule has 0 aliphatic carbocycles. The number of hydrogen-bond acceptors (Lipinski definition) is 6. The van der Waals surface area contributed by atoms with Crippen LogP contribution in [0.15, 0.2) is 30.5 Å². The Morgan fingerprint density at radius 1 is 1.13 bits per heavy atom. The molecule has 1 amide bonds. The summed E-state index contributed by atoms with van der Waals surface area (Å²) in [5.41, 5.74) is 3.14. The molecule has 0 atom stereocenters. The maximum absolute atomic E-state index is 12.4. The number of methoxy groups -OCH3 is 2. The van der Waals surface area contributed by atoms with E-state index in [1.807, 2.05) is 12.1 Å². The van der Waals surface area contributed by atoms with Gasteiger partial charge in [0.15, 0.2) is 11.5 Å². The molecule has 1 aromatic carbocycles. The second-order valence-electron chi connectivity index (χ2n) is 7.34. The average Bonchev–Trinajstić information content (AvgIpc) is 2.79. The molecule has 7 nitrogen and oxygen atoms in total. The van der Waals surface area contributed by atoms with Crippen LogP contribution in [0.2, 0.25) is 0 Å². The Morgan fingerprint density at radius 2 is 1.83 bits per heavy atom. The maximum Gasteiger partial charge on any atom is 0.252 e. The fourth-order valence-electron chi connectivity index (χ4n) is 3.82. The van der Waals surface area contributed by atoms with E-state index in [1.54, 1.807) is 20.4 Å². The number of nitrogens with zero attached hydrogens (tertiary/aromatic N) is 3. The maximum atomic E-state index is 12.4. The molecule has 1 aromatic heterocycles. The summed E-state index contributed by atoms with van der Waals surface area (Å²) < 4.78 is 10.8. The highest BCUT2D eigenvalue weighted by molar-refractivity contribution is 5.94. The van der Waals surface area contributed by atoms with Gasteiger partial charge in [-0.3, -0.25) is 9.69 Å². The highest BCUT2D eigenvalue weighted by Gasteiger charge is 2.19. The van der Waals surface area contributed by atoms with Crippen molar-refractivity contribution < 1.29 is 14.3 Å². The number of nitrogens with one attached hydrogen (secondary N) is 1. The van der Waals surface area contributed by atoms with Gasteiger partial charge in [-0.15, -0.1) is 0 Å². The number of carbonyl (C=O) groups excluding carboxylic acids is 1. The van der Waals surface area contributed by atoms with Crippen LogP contribution < -0.4 is 19.7 Å². The first kappa shape index (κ1) is 21.9. The Morgan fingerprint density at radius 3 is 2.43 bits per heavy atom. The second-order valence-corrected chi connectivity index (χ2v) is 7.34. The predicted molar refractivity (Wildman–Crippen MR) is 119 cm³/mol. The molecule has 0 saturated carbocycles. The van der Waals surface area contributed by atoms with Crippen molar-refractivity contribution >= 4 is 11.7 Å². The Balaban J connectivity index is 1.52. The number of ether oxygens (including phenoxy) is 2. The molecular weight excluding hydrogens is 380 g/mol. The summed E-state index contributed by atoms with van der Waals surface area (Å²) in [6.07, 6.45) is 2.61. The predicted octanol–water partition coefficient (Wildman–Crippen LogP) is 2.73. The molecule has 0 saturated heterocycles. The van der Waals surface area contributed by atoms with Crippen molar-refractivity contribution in [3.05, 3.63) is 47.2 Å². The largest absolute Gasteiger partial charge is 0.493 e. The van der Waals surface area contributed by atoms with E-state index in [4.69, 9.17) is 9.47 Å². The van der Waals surface area contributed by atoms with Gasteiger partial charge in [-0.25, -0.2) is 4.98 Å². The van der Waals surface area contributed by atoms with Crippen molar-refractivity contribution in [2.75, 3.05) is 51.8 Å². The van der Waals surface area contributed by atoms with Gasteiger partial charge in [0.05, 0.1) is 19.8 Å². The summed E-state index contributed by atoms with van der Waals surface area (Å²) >= 11 is 0. The molecule has 1 N–H and O–H groups in total. The summed E-state index contributed by atoms with van der Waals surface area (Å²) in [5.74, 6) is 2.35. The minimum Gasteiger partial charge on any atom is -0.493 e. The Kier molecular flexibility index (Phi) is 7.52. The zero-order chi connectivity index (χ0) is 21.5. The van der Waals surface area contributed by atoms with E-state index in [1.165, 1.54) is 11.1 Å². The van der Waals surface area contributed by atoms with Crippen LogP contribution in [0.4, 0.5) is 5.82 Å². The molecule has 30 heavy (non-hydrogen) atoms. The molecule has 7 heteroatoms. The van der Waals surface area contributed by atoms with Crippen molar-refractivity contribution in [3.8, 4) is 11.5 Å². The third-order valence-corrected chi connectivity index (χ3v) is 5.61. The molecule has 0 spiro atoms. The molecule has 3 rings (SSSR count). The minimum atomic E-state index is -0.0857. The molecule has 2 heterocycles. The highest BCUT2D eigenvalue weighted by Crippen LogP contribution is 2.33. The van der Waals surface area contributed by atoms with E-state index < -0.39 is 0 Å². The van der Waals surface area contributed by atoms with Crippen molar-refractivity contribution in [2.24, 2.45) is 0 Å². The van der Waals surface area contributed by atoms with Gasteiger partial charge in [0.2, 0.25) is 0 Å². The lowest BCUT2D eigenvalue weighted by molar-refractivity contribution is 0.0947. The number of pyridine rings is 1. The summed E-state index contributed by atoms with van der Waals surface area (Å²) in [6.45, 7) is 9.17. The minimum absolute atomic E-state index is 0.0857. The molecule has 0 radical (unpaired) electrons. The normalized spacial score (nSPS) is 13.5. The fraction of sp³-hybridized carbons (Fsp3) is 0.478. The number of rotatable bonds is 9. The summed E-state index contributed by atoms with van der Waals surface area (Å²) in [5, 5.41) is 3.01. The number of aromatic nitrogens is 1. The fourth-order valence-corrected chi connectivity index (χ4v) is 3.82. The van der Waals surface area contributed by atoms with Crippen LogP contribution in [0.5, 0.6) is 11.5 Å². The zero-order valence-corrected chi connectivity index (χ0v) is 18.4. The molecular formula is C23H32N4O3. The lowest BCUT2D eigenvalue weighted by Crippen LogP contribution is -2.37. The van der Waals surface area contributed by atoms with Crippen LogP contribution in [0.1, 0.15) is 35.3 Å². The molecule has 1 aliphatic rings. The zero-order valence-electron chi connectivity index (χ0n) is 18.4. The van der Waals surface area contributed by atoms with Crippen LogP contribution >= 0.6 is 0 Å². The second kappa shape index (κ2) is 10.3. The van der Waals surface area contributed by atoms with E-state index in [0.717, 1.165) is 56.5 Å². The van der Waals surface area contributed by atoms with Crippen molar-refractivity contribution in [2.45, 2.75) is 26.8 Å². The first-order valence-corrected chi connectivity index (χ1v) is 10.5. The number of amides is 1. The molecule has 0 fully saturated rings. The lowest BCUT2D eigenvalue weighted by Gasteiger charge is -2.29. The van der Waals surface area contributed by atoms with E-state index in [0.29, 0.717) is 12.1 Å². The summed E-state index contributed by atoms with van der Waals surface area (Å²) in [4.78, 5) is 21.4. The number of hydrogen-bond donors (Lipinski definition) is 1. The van der Waals surface area contributed by atoms with Gasteiger partial charge < -0.3 is 19.7 Å². The number of fused-ring (bicyclic) bond motifs is 1. The lowest BCUT2D eigenvalue weighted by atomic mass is 9.99. The van der Waals surface area contributed by atoms with Crippen molar-refractivity contribution in [1.82, 2.24) is 15.2 Å². The highest BCUT2D eigenvalue weighted by atomic mass is 16.5. The Hall–Kier alpha value is -2.80. The van der Waals surface area contributed by atoms with Gasteiger partial charge in [0, 0.05) is 45.5 Å². The van der Waals surface area contributed by atoms with Crippen LogP contribution in [-0.4, -0.2) is 62.7 Å². The molecule has 162 valence electrons. The van der Waals surface area contributed by atoms with E-state index in [2.05, 4.69) is 46.1 Å². The van der Waals surface area contributed by atoms with Gasteiger partial charge in [-0.1, -0.05) is 0 Å². The molecule has 0 bridgehead atoms. The van der Waals surface area contributed by atoms with E-state index in [-0.39, 0.29) is 5.91 Å². The standard InChI is InChI=1S/C23H32N4O3/c1-5-27(6-2)22-8-7-18(15-25-22)23(28)24-10-12-26-11-9-17-13-20(29-3)21(30-4)14-19(17)16-26/h7-8,13-15H,5-6,9-12,16H2,1-4H3,(H,24,28). The average molecular weight is 413 g/mol. The third kappa shape index (κ3) is 5.02. The summed E-state index contributed by atoms with van der Waals surface area (Å²) in [7, 11) is 3.32. The number of anilines is 1. The Labute approximate surface area is 179 Å². The number of benzene rings is 1. The third-order valence-electron chi connectivity index (χ3n) is 5.61. The molecule has 0 unspecified atom stereocenters. The van der Waals surface area contributed by atoms with Gasteiger partial charge in [-0.05, 0) is 55.7 Å². The SMILES string of the molecule is CCN(CC)c1ccc(C(=O)NCCN2CCc3cc(OC)c(OC)cc3C2)cn1. The first-order chi connectivity index (χ1) is 14.6. The topological polar surface area (TPSA) is 66.9 Å². The van der Waals surface area contributed by atoms with E-state index >= 15 is 0 Å². The van der Waals surface area contributed by atoms with Gasteiger partial charge in [0.1, 0.15) is 5.82 Å². The van der Waals surface area contributed by atoms with Gasteiger partial charge >= 0.3 is 0 Å². The van der Waals surface area contributed by atoms with Crippen LogP contribution in [0, 0.1) is 0 Å². The van der Waals surface area contributed by atoms with Crippen molar-refractivity contribution in [3.63, 3.8) is 0 Å². The van der Waals surface area contributed by atoms with E-state index in [9.17, 15) is 4.79 Å². The van der Waals surface area contributed by atoms with Crippen LogP contribution in [-0.2, 0) is 13.0 Å². The van der Waals surface area contributed by atoms with Gasteiger partial charge in [0.25, 0.3) is 5.91 Å². The van der Waals surface area contributed by atoms with Crippen molar-refractivity contribution in [1.29, 1.82) is 0 Å².